The number of fused-ring (bicyclic) bond motifs is 1. The first kappa shape index (κ1) is 18.7. The van der Waals surface area contributed by atoms with E-state index in [9.17, 15) is 19.5 Å². The summed E-state index contributed by atoms with van der Waals surface area (Å²) in [6.45, 7) is 1.89. The molecule has 29 heavy (non-hydrogen) atoms. The number of H-pyrrole nitrogens is 3. The smallest absolute Gasteiger partial charge is 0.335 e. The molecule has 0 radical (unpaired) electrons. The summed E-state index contributed by atoms with van der Waals surface area (Å²) in [5.41, 5.74) is 0.856. The maximum atomic E-state index is 12.2. The Labute approximate surface area is 170 Å². The molecule has 4 rings (SSSR count). The van der Waals surface area contributed by atoms with Crippen molar-refractivity contribution in [3.05, 3.63) is 83.3 Å². The number of benzene rings is 2. The van der Waals surface area contributed by atoms with E-state index in [-0.39, 0.29) is 11.3 Å². The van der Waals surface area contributed by atoms with E-state index in [4.69, 9.17) is 0 Å². The van der Waals surface area contributed by atoms with Gasteiger partial charge in [-0.25, -0.2) is 14.2 Å². The molecule has 146 valence electrons. The van der Waals surface area contributed by atoms with Gasteiger partial charge in [0.05, 0.1) is 22.4 Å². The number of rotatable bonds is 3. The Morgan fingerprint density at radius 1 is 1.03 bits per heavy atom. The summed E-state index contributed by atoms with van der Waals surface area (Å²) in [4.78, 5) is 47.6. The molecule has 0 saturated carbocycles. The van der Waals surface area contributed by atoms with Gasteiger partial charge < -0.3 is 15.1 Å². The Kier molecular flexibility index (Phi) is 4.55. The Hall–Kier alpha value is -3.66. The summed E-state index contributed by atoms with van der Waals surface area (Å²) in [5, 5.41) is 10.6. The number of aromatic hydroxyl groups is 1. The summed E-state index contributed by atoms with van der Waals surface area (Å²) in [5.74, 6) is -0.529. The molecule has 0 aliphatic heterocycles. The van der Waals surface area contributed by atoms with E-state index in [2.05, 4.69) is 35.9 Å². The van der Waals surface area contributed by atoms with E-state index < -0.39 is 17.1 Å². The van der Waals surface area contributed by atoms with Gasteiger partial charge in [0.1, 0.15) is 5.56 Å². The lowest BCUT2D eigenvalue weighted by molar-refractivity contribution is 0.430. The third-order valence-corrected chi connectivity index (χ3v) is 4.96. The molecule has 0 aliphatic rings. The Balaban J connectivity index is 1.83. The van der Waals surface area contributed by atoms with Gasteiger partial charge in [0.2, 0.25) is 5.88 Å². The number of hydrogen-bond donors (Lipinski definition) is 4. The van der Waals surface area contributed by atoms with Gasteiger partial charge in [0.25, 0.3) is 5.56 Å². The van der Waals surface area contributed by atoms with Crippen molar-refractivity contribution >= 4 is 38.9 Å². The Morgan fingerprint density at radius 3 is 2.38 bits per heavy atom. The number of aromatic amines is 3. The van der Waals surface area contributed by atoms with E-state index in [0.717, 1.165) is 16.3 Å². The van der Waals surface area contributed by atoms with Crippen molar-refractivity contribution in [1.29, 1.82) is 0 Å². The van der Waals surface area contributed by atoms with Crippen LogP contribution in [0.2, 0.25) is 0 Å². The first-order valence-corrected chi connectivity index (χ1v) is 9.24. The highest BCUT2D eigenvalue weighted by atomic mass is 79.9. The molecule has 0 spiro atoms. The number of aryl methyl sites for hydroxylation is 1. The highest BCUT2D eigenvalue weighted by Crippen LogP contribution is 2.29. The molecule has 2 aromatic carbocycles. The second-order valence-corrected chi connectivity index (χ2v) is 7.21. The van der Waals surface area contributed by atoms with E-state index in [1.165, 1.54) is 0 Å². The number of hydrogen-bond acceptors (Lipinski definition) is 5. The van der Waals surface area contributed by atoms with E-state index in [1.807, 2.05) is 6.92 Å². The monoisotopic (exact) mass is 455 g/mol. The summed E-state index contributed by atoms with van der Waals surface area (Å²) in [7, 11) is 0. The third-order valence-electron chi connectivity index (χ3n) is 4.33. The lowest BCUT2D eigenvalue weighted by Crippen LogP contribution is -2.31. The number of imidazole rings is 1. The molecule has 4 N–H and O–H groups in total. The van der Waals surface area contributed by atoms with Crippen LogP contribution in [-0.4, -0.2) is 30.8 Å². The molecule has 0 fully saturated rings. The highest BCUT2D eigenvalue weighted by Gasteiger charge is 2.14. The lowest BCUT2D eigenvalue weighted by Gasteiger charge is -2.09. The minimum absolute atomic E-state index is 0.181. The molecule has 0 unspecified atom stereocenters. The van der Waals surface area contributed by atoms with Gasteiger partial charge in [-0.3, -0.25) is 14.8 Å². The van der Waals surface area contributed by atoms with Crippen LogP contribution in [0.25, 0.3) is 16.7 Å². The van der Waals surface area contributed by atoms with Gasteiger partial charge in [0.15, 0.2) is 0 Å². The average molecular weight is 456 g/mol. The predicted octanol–water partition coefficient (Wildman–Crippen LogP) is 2.22. The van der Waals surface area contributed by atoms with Crippen molar-refractivity contribution in [3.8, 4) is 11.6 Å². The number of aromatic nitrogens is 4. The fourth-order valence-corrected chi connectivity index (χ4v) is 3.31. The second-order valence-electron chi connectivity index (χ2n) is 6.35. The van der Waals surface area contributed by atoms with Crippen LogP contribution in [-0.2, 0) is 0 Å². The van der Waals surface area contributed by atoms with E-state index in [1.54, 1.807) is 36.4 Å². The van der Waals surface area contributed by atoms with Crippen molar-refractivity contribution in [1.82, 2.24) is 19.5 Å². The molecule has 10 heteroatoms. The van der Waals surface area contributed by atoms with Gasteiger partial charge in [-0.2, -0.15) is 0 Å². The SMILES string of the molecule is Cc1ccc(-n2c(O)c(C=Nc3cc4[nH]c(=O)[nH]c4cc3Br)c(=O)[nH]c2=O)cc1. The van der Waals surface area contributed by atoms with Gasteiger partial charge in [-0.1, -0.05) is 17.7 Å². The summed E-state index contributed by atoms with van der Waals surface area (Å²) < 4.78 is 1.56. The zero-order chi connectivity index (χ0) is 20.7. The molecule has 2 aromatic heterocycles. The van der Waals surface area contributed by atoms with Crippen molar-refractivity contribution in [2.24, 2.45) is 4.99 Å². The molecule has 4 aromatic rings. The van der Waals surface area contributed by atoms with Crippen LogP contribution >= 0.6 is 15.9 Å². The third kappa shape index (κ3) is 3.45. The minimum atomic E-state index is -0.771. The first-order valence-electron chi connectivity index (χ1n) is 8.44. The first-order chi connectivity index (χ1) is 13.8. The van der Waals surface area contributed by atoms with Crippen molar-refractivity contribution < 1.29 is 5.11 Å². The molecule has 9 nitrogen and oxygen atoms in total. The van der Waals surface area contributed by atoms with Gasteiger partial charge >= 0.3 is 11.4 Å². The molecule has 0 aliphatic carbocycles. The maximum absolute atomic E-state index is 12.2. The molecular weight excluding hydrogens is 442 g/mol. The van der Waals surface area contributed by atoms with Crippen LogP contribution in [0, 0.1) is 6.92 Å². The van der Waals surface area contributed by atoms with Crippen LogP contribution < -0.4 is 16.9 Å². The molecule has 0 saturated heterocycles. The second kappa shape index (κ2) is 7.06. The summed E-state index contributed by atoms with van der Waals surface area (Å²) >= 11 is 3.35. The van der Waals surface area contributed by atoms with Crippen LogP contribution in [0.5, 0.6) is 5.88 Å². The van der Waals surface area contributed by atoms with Gasteiger partial charge in [0, 0.05) is 10.7 Å². The maximum Gasteiger partial charge on any atom is 0.335 e. The Morgan fingerprint density at radius 2 is 1.69 bits per heavy atom. The quantitative estimate of drug-likeness (QED) is 0.352. The highest BCUT2D eigenvalue weighted by molar-refractivity contribution is 9.10. The molecule has 0 atom stereocenters. The summed E-state index contributed by atoms with van der Waals surface area (Å²) in [6.07, 6.45) is 1.16. The van der Waals surface area contributed by atoms with Crippen LogP contribution in [0.1, 0.15) is 11.1 Å². The average Bonchev–Trinajstić information content (AvgIpc) is 3.01. The van der Waals surface area contributed by atoms with Crippen molar-refractivity contribution in [2.45, 2.75) is 6.92 Å². The standard InChI is InChI=1S/C19H14BrN5O4/c1-9-2-4-10(5-3-9)25-17(27)11(16(26)24-19(25)29)8-21-13-7-15-14(6-12(13)20)22-18(28)23-15/h2-8,27H,1H3,(H2,22,23,28)(H,24,26,29). The minimum Gasteiger partial charge on any atom is -0.493 e. The number of nitrogens with one attached hydrogen (secondary N) is 3. The van der Waals surface area contributed by atoms with E-state index in [0.29, 0.717) is 26.9 Å². The Bertz CT molecular complexity index is 1440. The summed E-state index contributed by atoms with van der Waals surface area (Å²) in [6, 6.07) is 10.1. The van der Waals surface area contributed by atoms with Crippen LogP contribution in [0.4, 0.5) is 5.69 Å². The van der Waals surface area contributed by atoms with Crippen molar-refractivity contribution in [3.63, 3.8) is 0 Å². The van der Waals surface area contributed by atoms with Crippen molar-refractivity contribution in [2.75, 3.05) is 0 Å². The van der Waals surface area contributed by atoms with Crippen LogP contribution in [0.3, 0.4) is 0 Å². The molecule has 0 amide bonds. The predicted molar refractivity (Wildman–Crippen MR) is 113 cm³/mol. The molecular formula is C19H14BrN5O4. The fraction of sp³-hybridized carbons (Fsp3) is 0.0526. The van der Waals surface area contributed by atoms with Gasteiger partial charge in [-0.05, 0) is 47.1 Å². The molecule has 2 heterocycles. The zero-order valence-electron chi connectivity index (χ0n) is 15.0. The topological polar surface area (TPSA) is 136 Å². The zero-order valence-corrected chi connectivity index (χ0v) is 16.6. The van der Waals surface area contributed by atoms with Gasteiger partial charge in [-0.15, -0.1) is 0 Å². The fourth-order valence-electron chi connectivity index (χ4n) is 2.87. The lowest BCUT2D eigenvalue weighted by atomic mass is 10.2. The molecule has 0 bridgehead atoms. The normalized spacial score (nSPS) is 11.5. The number of halogens is 1. The van der Waals surface area contributed by atoms with E-state index >= 15 is 0 Å². The van der Waals surface area contributed by atoms with Crippen LogP contribution in [0.15, 0.2) is 60.2 Å². The number of aliphatic imine (C=N–C) groups is 1. The number of nitrogens with zero attached hydrogens (tertiary/aromatic N) is 2. The largest absolute Gasteiger partial charge is 0.493 e.